The van der Waals surface area contributed by atoms with Crippen molar-refractivity contribution in [2.75, 3.05) is 0 Å². The van der Waals surface area contributed by atoms with E-state index in [4.69, 9.17) is 39.9 Å². The van der Waals surface area contributed by atoms with Crippen molar-refractivity contribution in [1.82, 2.24) is 39.9 Å². The molecule has 9 heterocycles. The monoisotopic (exact) mass is 1480 g/mol. The van der Waals surface area contributed by atoms with Crippen LogP contribution < -0.4 is 28.2 Å². The minimum atomic E-state index is 0. The quantitative estimate of drug-likeness (QED) is 0.0210. The predicted molar refractivity (Wildman–Crippen MR) is 436 cm³/mol. The minimum absolute atomic E-state index is 0. The number of fused-ring (bicyclic) bond motifs is 20. The van der Waals surface area contributed by atoms with Crippen LogP contribution in [-0.2, 0) is 45.7 Å². The number of aromatic nitrogens is 12. The van der Waals surface area contributed by atoms with Gasteiger partial charge in [0.15, 0.2) is 49.6 Å². The summed E-state index contributed by atoms with van der Waals surface area (Å²) in [5.41, 5.74) is 6.27. The summed E-state index contributed by atoms with van der Waals surface area (Å²) in [7, 11) is 0. The molecule has 570 valence electrons. The number of nitrogens with zero attached hydrogens (tertiary/aromatic N) is 12. The van der Waals surface area contributed by atoms with Crippen LogP contribution in [0.15, 0.2) is 73.8 Å². The van der Waals surface area contributed by atoms with Gasteiger partial charge in [-0.3, -0.25) is 0 Å². The average molecular weight is 1480 g/mol. The summed E-state index contributed by atoms with van der Waals surface area (Å²) in [4.78, 5) is 43.6. The minimum Gasteiger partial charge on any atom is -0.357 e. The maximum Gasteiger partial charge on any atom is 2.00 e. The van der Waals surface area contributed by atoms with E-state index in [1.165, 1.54) is 334 Å². The van der Waals surface area contributed by atoms with Gasteiger partial charge < -0.3 is 29.9 Å². The van der Waals surface area contributed by atoms with E-state index >= 15 is 0 Å². The summed E-state index contributed by atoms with van der Waals surface area (Å²) >= 11 is 0. The molecule has 0 radical (unpaired) electrons. The number of hydrogen-bond acceptors (Lipinski definition) is 6. The Kier molecular flexibility index (Phi) is 42.1. The maximum atomic E-state index is 5.50. The standard InChI is InChI=1S/C92H144N12.Zn/c1-5-9-13-17-21-25-29-33-37-41-45-49-53-57-65-101-69-61-77-81(73-101)89-93-85(77)98-90-83-75-103(67-59-55-51-47-43-39-35-31-27-23-19-15-11-7-3)71-63-79(83)87(95-90)100-92-84-76-104(68-60-56-52-48-44-40-36-32-28-24-20-16-12-8-4)72-64-80(84)88(96-92)99-91-82-74-102(70-62-78(82)86(94-91)97-89)66-58-54-50-46-42-38-34-30-26-22-18-14-10-6-2;/h61-64,69-76H,5-60,65-68H2,1-4H3;/q2*+2. The van der Waals surface area contributed by atoms with Gasteiger partial charge in [0, 0.05) is 94.4 Å². The molecule has 0 aliphatic carbocycles. The molecule has 0 spiro atoms. The van der Waals surface area contributed by atoms with Crippen LogP contribution in [0.4, 0.5) is 0 Å². The Morgan fingerprint density at radius 1 is 0.210 bits per heavy atom. The Labute approximate surface area is 650 Å². The molecule has 0 saturated heterocycles. The Hall–Kier alpha value is -5.42. The first kappa shape index (κ1) is 85.2. The largest absolute Gasteiger partial charge is 2.00 e. The molecule has 0 saturated carbocycles. The zero-order chi connectivity index (χ0) is 72.1. The SMILES string of the molecule is CCCCCCCCCCCCCCCC[n+]1ccc2c(c1)-c1nc-2nc2[n-]c(nc3nc(nc4[n-]c(n1)c1cc[n+](CCCCCCCCCCCCCCCC)cc41)-c1cc[n+](CCCCCCCCCCCCCCCC)cc1-3)c1cc[n+](CCCCCCCCCCCCCCCC)cc21.[Zn+2]. The second-order valence-electron chi connectivity index (χ2n) is 31.9. The molecule has 105 heavy (non-hydrogen) atoms. The molecule has 0 aromatic carbocycles. The van der Waals surface area contributed by atoms with E-state index < -0.39 is 0 Å². The normalized spacial score (nSPS) is 11.9. The molecular formula is C92H144N12Zn+4. The third-order valence-corrected chi connectivity index (χ3v) is 22.8. The van der Waals surface area contributed by atoms with Gasteiger partial charge in [-0.05, 0) is 25.7 Å². The Bertz CT molecular complexity index is 3450. The third-order valence-electron chi connectivity index (χ3n) is 22.8. The van der Waals surface area contributed by atoms with Crippen molar-refractivity contribution in [3.05, 3.63) is 73.8 Å². The summed E-state index contributed by atoms with van der Waals surface area (Å²) < 4.78 is 9.36. The van der Waals surface area contributed by atoms with E-state index in [2.05, 4.69) is 120 Å². The second-order valence-corrected chi connectivity index (χ2v) is 31.9. The summed E-state index contributed by atoms with van der Waals surface area (Å²) in [5.74, 6) is 2.45. The Balaban J connectivity index is 0.0000139. The molecule has 0 fully saturated rings. The Morgan fingerprint density at radius 3 is 0.638 bits per heavy atom. The number of hydrogen-bond donors (Lipinski definition) is 0. The maximum absolute atomic E-state index is 5.50. The van der Waals surface area contributed by atoms with Gasteiger partial charge in [0.25, 0.3) is 0 Å². The van der Waals surface area contributed by atoms with Gasteiger partial charge in [-0.15, -0.1) is 0 Å². The number of unbranched alkanes of at least 4 members (excludes halogenated alkanes) is 52. The van der Waals surface area contributed by atoms with Gasteiger partial charge in [0.1, 0.15) is 26.2 Å². The van der Waals surface area contributed by atoms with Crippen molar-refractivity contribution in [3.63, 3.8) is 0 Å². The summed E-state index contributed by atoms with van der Waals surface area (Å²) in [6, 6.07) is 8.82. The first-order valence-electron chi connectivity index (χ1n) is 44.4. The first-order valence-corrected chi connectivity index (χ1v) is 44.4. The molecule has 0 unspecified atom stereocenters. The number of aryl methyl sites for hydroxylation is 4. The van der Waals surface area contributed by atoms with E-state index in [-0.39, 0.29) is 19.5 Å². The van der Waals surface area contributed by atoms with Crippen LogP contribution in [0.2, 0.25) is 0 Å². The van der Waals surface area contributed by atoms with Crippen LogP contribution in [0.25, 0.3) is 89.7 Å². The van der Waals surface area contributed by atoms with E-state index in [9.17, 15) is 0 Å². The van der Waals surface area contributed by atoms with E-state index in [0.717, 1.165) is 95.7 Å². The third kappa shape index (κ3) is 30.2. The Morgan fingerprint density at radius 2 is 0.400 bits per heavy atom. The summed E-state index contributed by atoms with van der Waals surface area (Å²) in [5, 5.41) is 3.83. The molecular weight excluding hydrogens is 1340 g/mol. The first-order chi connectivity index (χ1) is 51.5. The van der Waals surface area contributed by atoms with Crippen molar-refractivity contribution < 1.29 is 37.7 Å². The van der Waals surface area contributed by atoms with Crippen LogP contribution >= 0.6 is 0 Å². The predicted octanol–water partition coefficient (Wildman–Crippen LogP) is 25.2. The molecule has 2 aliphatic heterocycles. The molecule has 2 aliphatic rings. The van der Waals surface area contributed by atoms with Gasteiger partial charge >= 0.3 is 19.5 Å². The molecule has 12 nitrogen and oxygen atoms in total. The molecule has 9 rings (SSSR count). The second kappa shape index (κ2) is 51.8. The van der Waals surface area contributed by atoms with Crippen molar-refractivity contribution in [3.8, 4) is 45.6 Å². The number of pyridine rings is 4. The fraction of sp³-hybridized carbons (Fsp3) is 0.696. The molecule has 0 amide bonds. The van der Waals surface area contributed by atoms with Gasteiger partial charge in [0.2, 0.25) is 0 Å². The number of rotatable bonds is 60. The van der Waals surface area contributed by atoms with Crippen LogP contribution in [0.5, 0.6) is 0 Å². The van der Waals surface area contributed by atoms with Gasteiger partial charge in [0.05, 0.1) is 45.2 Å². The molecule has 7 aromatic heterocycles. The van der Waals surface area contributed by atoms with Gasteiger partial charge in [-0.2, -0.15) is 0 Å². The zero-order valence-corrected chi connectivity index (χ0v) is 70.4. The fourth-order valence-corrected chi connectivity index (χ4v) is 16.1. The van der Waals surface area contributed by atoms with E-state index in [1.807, 2.05) is 0 Å². The van der Waals surface area contributed by atoms with E-state index in [1.54, 1.807) is 0 Å². The molecule has 8 bridgehead atoms. The zero-order valence-electron chi connectivity index (χ0n) is 67.4. The smallest absolute Gasteiger partial charge is 0.357 e. The van der Waals surface area contributed by atoms with Crippen LogP contribution in [-0.4, -0.2) is 29.9 Å². The molecule has 7 aromatic rings. The van der Waals surface area contributed by atoms with Crippen molar-refractivity contribution >= 4 is 44.1 Å². The molecule has 0 atom stereocenters. The molecule has 13 heteroatoms. The topological polar surface area (TPSA) is 121 Å². The van der Waals surface area contributed by atoms with Crippen molar-refractivity contribution in [1.29, 1.82) is 0 Å². The van der Waals surface area contributed by atoms with Crippen LogP contribution in [0.3, 0.4) is 0 Å². The van der Waals surface area contributed by atoms with Gasteiger partial charge in [-0.25, -0.2) is 28.2 Å². The van der Waals surface area contributed by atoms with E-state index in [0.29, 0.717) is 45.9 Å². The van der Waals surface area contributed by atoms with Gasteiger partial charge in [-0.1, -0.05) is 336 Å². The summed E-state index contributed by atoms with van der Waals surface area (Å²) in [6.45, 7) is 13.0. The van der Waals surface area contributed by atoms with Crippen molar-refractivity contribution in [2.24, 2.45) is 0 Å². The fourth-order valence-electron chi connectivity index (χ4n) is 16.1. The van der Waals surface area contributed by atoms with Crippen molar-refractivity contribution in [2.45, 2.75) is 413 Å². The van der Waals surface area contributed by atoms with Crippen LogP contribution in [0.1, 0.15) is 387 Å². The summed E-state index contributed by atoms with van der Waals surface area (Å²) in [6.07, 6.45) is 93.4. The molecule has 0 N–H and O–H groups in total. The average Bonchev–Trinajstić information content (AvgIpc) is 1.60. The van der Waals surface area contributed by atoms with Crippen LogP contribution in [0, 0.1) is 0 Å².